The summed E-state index contributed by atoms with van der Waals surface area (Å²) in [5, 5.41) is 12.1. The van der Waals surface area contributed by atoms with E-state index in [2.05, 4.69) is 53.1 Å². The SMILES string of the molecule is CC1CC(C(=O)O)C(C(=O)Nc2c(Br)cc(Br)cc2Br)C1. The van der Waals surface area contributed by atoms with Crippen molar-refractivity contribution in [1.29, 1.82) is 0 Å². The quantitative estimate of drug-likeness (QED) is 0.657. The summed E-state index contributed by atoms with van der Waals surface area (Å²) in [5.74, 6) is -1.98. The van der Waals surface area contributed by atoms with Gasteiger partial charge in [-0.25, -0.2) is 0 Å². The van der Waals surface area contributed by atoms with Crippen molar-refractivity contribution in [2.75, 3.05) is 5.32 Å². The number of rotatable bonds is 3. The van der Waals surface area contributed by atoms with Crippen LogP contribution in [0.2, 0.25) is 0 Å². The highest BCUT2D eigenvalue weighted by atomic mass is 79.9. The van der Waals surface area contributed by atoms with Gasteiger partial charge in [0.2, 0.25) is 5.91 Å². The van der Waals surface area contributed by atoms with E-state index in [4.69, 9.17) is 0 Å². The second kappa shape index (κ2) is 6.79. The van der Waals surface area contributed by atoms with Crippen LogP contribution < -0.4 is 5.32 Å². The number of hydrogen-bond acceptors (Lipinski definition) is 2. The summed E-state index contributed by atoms with van der Waals surface area (Å²) in [6.45, 7) is 1.98. The van der Waals surface area contributed by atoms with E-state index in [1.54, 1.807) is 0 Å². The summed E-state index contributed by atoms with van der Waals surface area (Å²) in [5.41, 5.74) is 0.617. The number of carboxylic acid groups (broad SMARTS) is 1. The molecular weight excluding hydrogens is 470 g/mol. The fourth-order valence-electron chi connectivity index (χ4n) is 2.73. The zero-order valence-corrected chi connectivity index (χ0v) is 16.0. The lowest BCUT2D eigenvalue weighted by atomic mass is 9.95. The molecule has 1 aliphatic carbocycles. The Morgan fingerprint density at radius 3 is 2.19 bits per heavy atom. The van der Waals surface area contributed by atoms with Crippen LogP contribution in [0.15, 0.2) is 25.6 Å². The van der Waals surface area contributed by atoms with Crippen molar-refractivity contribution in [3.8, 4) is 0 Å². The maximum Gasteiger partial charge on any atom is 0.307 e. The number of anilines is 1. The summed E-state index contributed by atoms with van der Waals surface area (Å²) in [6.07, 6.45) is 1.16. The van der Waals surface area contributed by atoms with Gasteiger partial charge in [-0.15, -0.1) is 0 Å². The first kappa shape index (κ1) is 17.0. The molecule has 114 valence electrons. The van der Waals surface area contributed by atoms with Crippen LogP contribution in [0.4, 0.5) is 5.69 Å². The number of carbonyl (C=O) groups is 2. The number of aliphatic carboxylic acids is 1. The normalized spacial score (nSPS) is 24.9. The Bertz CT molecular complexity index is 568. The molecule has 3 unspecified atom stereocenters. The van der Waals surface area contributed by atoms with Crippen LogP contribution in [-0.4, -0.2) is 17.0 Å². The average molecular weight is 484 g/mol. The predicted molar refractivity (Wildman–Crippen MR) is 91.2 cm³/mol. The molecule has 1 amide bonds. The van der Waals surface area contributed by atoms with Crippen molar-refractivity contribution < 1.29 is 14.7 Å². The molecule has 1 aromatic rings. The van der Waals surface area contributed by atoms with E-state index in [0.29, 0.717) is 18.5 Å². The second-order valence-electron chi connectivity index (χ2n) is 5.36. The van der Waals surface area contributed by atoms with Crippen molar-refractivity contribution in [3.63, 3.8) is 0 Å². The van der Waals surface area contributed by atoms with Crippen molar-refractivity contribution >= 4 is 65.4 Å². The van der Waals surface area contributed by atoms with Crippen LogP contribution in [0.1, 0.15) is 19.8 Å². The Morgan fingerprint density at radius 2 is 1.67 bits per heavy atom. The molecule has 1 saturated carbocycles. The van der Waals surface area contributed by atoms with Gasteiger partial charge in [-0.05, 0) is 62.8 Å². The molecule has 0 bridgehead atoms. The monoisotopic (exact) mass is 481 g/mol. The van der Waals surface area contributed by atoms with Crippen LogP contribution in [0.25, 0.3) is 0 Å². The molecule has 4 nitrogen and oxygen atoms in total. The minimum absolute atomic E-state index is 0.240. The van der Waals surface area contributed by atoms with Gasteiger partial charge >= 0.3 is 5.97 Å². The van der Waals surface area contributed by atoms with E-state index in [0.717, 1.165) is 13.4 Å². The Kier molecular flexibility index (Phi) is 5.48. The molecule has 0 saturated heterocycles. The molecule has 1 aliphatic rings. The average Bonchev–Trinajstić information content (AvgIpc) is 2.76. The molecule has 21 heavy (non-hydrogen) atoms. The van der Waals surface area contributed by atoms with E-state index < -0.39 is 17.8 Å². The zero-order valence-electron chi connectivity index (χ0n) is 11.2. The smallest absolute Gasteiger partial charge is 0.307 e. The lowest BCUT2D eigenvalue weighted by molar-refractivity contribution is -0.145. The lowest BCUT2D eigenvalue weighted by Gasteiger charge is -2.17. The van der Waals surface area contributed by atoms with Crippen LogP contribution in [0.3, 0.4) is 0 Å². The molecule has 0 aromatic heterocycles. The van der Waals surface area contributed by atoms with E-state index in [-0.39, 0.29) is 11.8 Å². The molecule has 1 fully saturated rings. The summed E-state index contributed by atoms with van der Waals surface area (Å²) < 4.78 is 2.34. The molecule has 2 N–H and O–H groups in total. The first-order chi connectivity index (χ1) is 9.79. The molecule has 1 aromatic carbocycles. The van der Waals surface area contributed by atoms with Gasteiger partial charge in [0.1, 0.15) is 0 Å². The summed E-state index contributed by atoms with van der Waals surface area (Å²) >= 11 is 10.2. The van der Waals surface area contributed by atoms with Crippen molar-refractivity contribution in [2.45, 2.75) is 19.8 Å². The van der Waals surface area contributed by atoms with Gasteiger partial charge in [0.05, 0.1) is 17.5 Å². The Morgan fingerprint density at radius 1 is 1.14 bits per heavy atom. The molecular formula is C14H14Br3NO3. The highest BCUT2D eigenvalue weighted by Gasteiger charge is 2.41. The van der Waals surface area contributed by atoms with Crippen LogP contribution in [-0.2, 0) is 9.59 Å². The number of carbonyl (C=O) groups excluding carboxylic acids is 1. The van der Waals surface area contributed by atoms with Gasteiger partial charge in [0.25, 0.3) is 0 Å². The van der Waals surface area contributed by atoms with E-state index in [1.807, 2.05) is 19.1 Å². The zero-order chi connectivity index (χ0) is 15.7. The number of nitrogens with one attached hydrogen (secondary N) is 1. The number of benzene rings is 1. The number of carboxylic acids is 1. The lowest BCUT2D eigenvalue weighted by Crippen LogP contribution is -2.30. The van der Waals surface area contributed by atoms with Gasteiger partial charge < -0.3 is 10.4 Å². The van der Waals surface area contributed by atoms with Crippen molar-refractivity contribution in [1.82, 2.24) is 0 Å². The first-order valence-corrected chi connectivity index (χ1v) is 8.85. The summed E-state index contributed by atoms with van der Waals surface area (Å²) in [7, 11) is 0. The van der Waals surface area contributed by atoms with E-state index in [1.165, 1.54) is 0 Å². The van der Waals surface area contributed by atoms with Gasteiger partial charge in [-0.1, -0.05) is 22.9 Å². The molecule has 2 rings (SSSR count). The van der Waals surface area contributed by atoms with Gasteiger partial charge in [-0.2, -0.15) is 0 Å². The Labute approximate surface area is 148 Å². The van der Waals surface area contributed by atoms with Crippen LogP contribution in [0.5, 0.6) is 0 Å². The van der Waals surface area contributed by atoms with E-state index >= 15 is 0 Å². The number of halogens is 3. The number of amides is 1. The topological polar surface area (TPSA) is 66.4 Å². The fraction of sp³-hybridized carbons (Fsp3) is 0.429. The minimum atomic E-state index is -0.895. The third kappa shape index (κ3) is 3.87. The molecule has 7 heteroatoms. The molecule has 0 aliphatic heterocycles. The number of hydrogen-bond donors (Lipinski definition) is 2. The standard InChI is InChI=1S/C14H14Br3NO3/c1-6-2-8(9(3-6)14(20)21)13(19)18-12-10(16)4-7(15)5-11(12)17/h4-6,8-9H,2-3H2,1H3,(H,18,19)(H,20,21). The van der Waals surface area contributed by atoms with Gasteiger partial charge in [0.15, 0.2) is 0 Å². The molecule has 0 spiro atoms. The molecule has 0 radical (unpaired) electrons. The Balaban J connectivity index is 2.20. The highest BCUT2D eigenvalue weighted by molar-refractivity contribution is 9.11. The van der Waals surface area contributed by atoms with Gasteiger partial charge in [-0.3, -0.25) is 9.59 Å². The maximum absolute atomic E-state index is 12.4. The molecule has 0 heterocycles. The van der Waals surface area contributed by atoms with Crippen LogP contribution in [0, 0.1) is 17.8 Å². The van der Waals surface area contributed by atoms with Gasteiger partial charge in [0, 0.05) is 13.4 Å². The highest BCUT2D eigenvalue weighted by Crippen LogP contribution is 2.39. The van der Waals surface area contributed by atoms with Crippen molar-refractivity contribution in [3.05, 3.63) is 25.6 Å². The third-order valence-electron chi connectivity index (χ3n) is 3.71. The fourth-order valence-corrected chi connectivity index (χ4v) is 5.19. The third-order valence-corrected chi connectivity index (χ3v) is 5.42. The first-order valence-electron chi connectivity index (χ1n) is 6.47. The van der Waals surface area contributed by atoms with Crippen LogP contribution >= 0.6 is 47.8 Å². The molecule has 3 atom stereocenters. The summed E-state index contributed by atoms with van der Waals surface area (Å²) in [4.78, 5) is 23.7. The largest absolute Gasteiger partial charge is 0.481 e. The summed E-state index contributed by atoms with van der Waals surface area (Å²) in [6, 6.07) is 3.65. The minimum Gasteiger partial charge on any atom is -0.481 e. The maximum atomic E-state index is 12.4. The van der Waals surface area contributed by atoms with Crippen molar-refractivity contribution in [2.24, 2.45) is 17.8 Å². The Hall–Kier alpha value is -0.400. The predicted octanol–water partition coefficient (Wildman–Crippen LogP) is 4.66. The second-order valence-corrected chi connectivity index (χ2v) is 7.99. The van der Waals surface area contributed by atoms with E-state index in [9.17, 15) is 14.7 Å².